The van der Waals surface area contributed by atoms with E-state index in [1.807, 2.05) is 0 Å². The second-order valence-corrected chi connectivity index (χ2v) is 9.10. The number of nitrogens with two attached hydrogens (primary N) is 1. The van der Waals surface area contributed by atoms with Gasteiger partial charge in [-0.25, -0.2) is 4.79 Å². The molecule has 1 unspecified atom stereocenters. The van der Waals surface area contributed by atoms with Gasteiger partial charge < -0.3 is 20.3 Å². The average molecular weight is 510 g/mol. The lowest BCUT2D eigenvalue weighted by molar-refractivity contribution is 0.102. The van der Waals surface area contributed by atoms with Gasteiger partial charge in [0.1, 0.15) is 0 Å². The van der Waals surface area contributed by atoms with Gasteiger partial charge >= 0.3 is 6.09 Å². The smallest absolute Gasteiger partial charge is 0.407 e. The maximum absolute atomic E-state index is 11.1. The minimum absolute atomic E-state index is 0.0394. The normalized spacial score (nSPS) is 16.8. The number of halogens is 2. The van der Waals surface area contributed by atoms with Gasteiger partial charge in [-0.05, 0) is 36.4 Å². The lowest BCUT2D eigenvalue weighted by Gasteiger charge is -2.34. The molecular formula is C20H22Br2N4O2. The number of carbonyl (C=O) groups is 1. The molecule has 1 saturated heterocycles. The van der Waals surface area contributed by atoms with E-state index in [0.717, 1.165) is 28.6 Å². The van der Waals surface area contributed by atoms with Crippen molar-refractivity contribution in [3.63, 3.8) is 0 Å². The van der Waals surface area contributed by atoms with Gasteiger partial charge in [0.2, 0.25) is 0 Å². The van der Waals surface area contributed by atoms with Crippen molar-refractivity contribution in [2.24, 2.45) is 5.73 Å². The van der Waals surface area contributed by atoms with E-state index in [1.54, 1.807) is 0 Å². The number of carboxylic acid groups (broad SMARTS) is 1. The molecule has 8 heteroatoms. The number of piperazine rings is 1. The SMILES string of the molecule is NC(CN1CCN(C(=O)O)CC1)Cn1c2ccc(Br)cc2c2cc(Br)ccc21. The fourth-order valence-corrected chi connectivity index (χ4v) is 4.71. The Labute approximate surface area is 180 Å². The molecule has 2 aromatic carbocycles. The number of rotatable bonds is 4. The predicted octanol–water partition coefficient (Wildman–Crippen LogP) is 3.94. The Kier molecular flexibility index (Phi) is 5.64. The first-order chi connectivity index (χ1) is 13.4. The van der Waals surface area contributed by atoms with Crippen molar-refractivity contribution >= 4 is 59.8 Å². The molecule has 28 heavy (non-hydrogen) atoms. The highest BCUT2D eigenvalue weighted by atomic mass is 79.9. The van der Waals surface area contributed by atoms with Crippen LogP contribution < -0.4 is 5.73 Å². The van der Waals surface area contributed by atoms with Crippen molar-refractivity contribution in [3.05, 3.63) is 45.3 Å². The van der Waals surface area contributed by atoms with Gasteiger partial charge in [0.15, 0.2) is 0 Å². The number of hydrogen-bond acceptors (Lipinski definition) is 3. The summed E-state index contributed by atoms with van der Waals surface area (Å²) in [5, 5.41) is 11.5. The maximum Gasteiger partial charge on any atom is 0.407 e. The molecule has 3 aromatic rings. The topological polar surface area (TPSA) is 74.7 Å². The molecule has 1 atom stereocenters. The largest absolute Gasteiger partial charge is 0.465 e. The molecule has 0 radical (unpaired) electrons. The minimum Gasteiger partial charge on any atom is -0.465 e. The van der Waals surface area contributed by atoms with Crippen molar-refractivity contribution < 1.29 is 9.90 Å². The Morgan fingerprint density at radius 2 is 1.50 bits per heavy atom. The molecule has 0 bridgehead atoms. The Balaban J connectivity index is 1.56. The van der Waals surface area contributed by atoms with E-state index in [9.17, 15) is 4.79 Å². The molecular weight excluding hydrogens is 488 g/mol. The molecule has 1 amide bonds. The molecule has 0 spiro atoms. The van der Waals surface area contributed by atoms with Crippen LogP contribution in [0, 0.1) is 0 Å². The summed E-state index contributed by atoms with van der Waals surface area (Å²) in [6, 6.07) is 12.6. The number of hydrogen-bond donors (Lipinski definition) is 2. The van der Waals surface area contributed by atoms with E-state index < -0.39 is 6.09 Å². The number of aromatic nitrogens is 1. The molecule has 148 valence electrons. The van der Waals surface area contributed by atoms with Crippen LogP contribution in [0.5, 0.6) is 0 Å². The summed E-state index contributed by atoms with van der Waals surface area (Å²) >= 11 is 7.16. The van der Waals surface area contributed by atoms with Crippen LogP contribution in [0.15, 0.2) is 45.3 Å². The number of amides is 1. The zero-order valence-corrected chi connectivity index (χ0v) is 18.5. The van der Waals surface area contributed by atoms with E-state index >= 15 is 0 Å². The summed E-state index contributed by atoms with van der Waals surface area (Å²) < 4.78 is 4.40. The average Bonchev–Trinajstić information content (AvgIpc) is 2.94. The van der Waals surface area contributed by atoms with Gasteiger partial charge in [-0.1, -0.05) is 31.9 Å². The lowest BCUT2D eigenvalue weighted by atomic mass is 10.2. The monoisotopic (exact) mass is 508 g/mol. The minimum atomic E-state index is -0.841. The summed E-state index contributed by atoms with van der Waals surface area (Å²) in [6.45, 7) is 4.00. The maximum atomic E-state index is 11.1. The fraction of sp³-hybridized carbons (Fsp3) is 0.350. The Morgan fingerprint density at radius 3 is 2.00 bits per heavy atom. The van der Waals surface area contributed by atoms with Crippen molar-refractivity contribution in [3.8, 4) is 0 Å². The summed E-state index contributed by atoms with van der Waals surface area (Å²) in [7, 11) is 0. The number of nitrogens with zero attached hydrogens (tertiary/aromatic N) is 3. The van der Waals surface area contributed by atoms with Gasteiger partial charge in [0.05, 0.1) is 0 Å². The van der Waals surface area contributed by atoms with E-state index in [2.05, 4.69) is 77.7 Å². The van der Waals surface area contributed by atoms with E-state index in [0.29, 0.717) is 19.6 Å². The summed E-state index contributed by atoms with van der Waals surface area (Å²) in [5.74, 6) is 0. The number of benzene rings is 2. The third-order valence-corrected chi connectivity index (χ3v) is 6.33. The molecule has 2 heterocycles. The van der Waals surface area contributed by atoms with Crippen LogP contribution in [0.4, 0.5) is 4.79 Å². The van der Waals surface area contributed by atoms with Crippen LogP contribution in [0.1, 0.15) is 0 Å². The highest BCUT2D eigenvalue weighted by molar-refractivity contribution is 9.10. The number of fused-ring (bicyclic) bond motifs is 3. The third kappa shape index (κ3) is 3.91. The van der Waals surface area contributed by atoms with Crippen LogP contribution in [-0.4, -0.2) is 64.3 Å². The quantitative estimate of drug-likeness (QED) is 0.558. The summed E-state index contributed by atoms with van der Waals surface area (Å²) in [5.41, 5.74) is 8.86. The van der Waals surface area contributed by atoms with Crippen molar-refractivity contribution in [1.82, 2.24) is 14.4 Å². The van der Waals surface area contributed by atoms with Gasteiger partial charge in [0, 0.05) is 76.1 Å². The van der Waals surface area contributed by atoms with Crippen LogP contribution >= 0.6 is 31.9 Å². The van der Waals surface area contributed by atoms with Crippen molar-refractivity contribution in [1.29, 1.82) is 0 Å². The highest BCUT2D eigenvalue weighted by Gasteiger charge is 2.22. The molecule has 3 N–H and O–H groups in total. The zero-order chi connectivity index (χ0) is 19.8. The lowest BCUT2D eigenvalue weighted by Crippen LogP contribution is -2.51. The summed E-state index contributed by atoms with van der Waals surface area (Å²) in [6.07, 6.45) is -0.841. The Bertz CT molecular complexity index is 969. The first-order valence-electron chi connectivity index (χ1n) is 9.25. The first-order valence-corrected chi connectivity index (χ1v) is 10.8. The molecule has 6 nitrogen and oxygen atoms in total. The van der Waals surface area contributed by atoms with Crippen molar-refractivity contribution in [2.75, 3.05) is 32.7 Å². The Hall–Kier alpha value is -1.61. The van der Waals surface area contributed by atoms with E-state index in [4.69, 9.17) is 10.8 Å². The van der Waals surface area contributed by atoms with Gasteiger partial charge in [-0.3, -0.25) is 4.90 Å². The molecule has 0 aliphatic carbocycles. The van der Waals surface area contributed by atoms with Gasteiger partial charge in [-0.2, -0.15) is 0 Å². The molecule has 1 fully saturated rings. The first kappa shape index (κ1) is 19.7. The highest BCUT2D eigenvalue weighted by Crippen LogP contribution is 2.33. The second-order valence-electron chi connectivity index (χ2n) is 7.26. The van der Waals surface area contributed by atoms with Crippen LogP contribution in [0.3, 0.4) is 0 Å². The van der Waals surface area contributed by atoms with Crippen LogP contribution in [-0.2, 0) is 6.54 Å². The zero-order valence-electron chi connectivity index (χ0n) is 15.3. The Morgan fingerprint density at radius 1 is 0.964 bits per heavy atom. The fourth-order valence-electron chi connectivity index (χ4n) is 3.99. The molecule has 0 saturated carbocycles. The van der Waals surface area contributed by atoms with Crippen molar-refractivity contribution in [2.45, 2.75) is 12.6 Å². The molecule has 1 aliphatic heterocycles. The third-order valence-electron chi connectivity index (χ3n) is 5.34. The molecule has 1 aromatic heterocycles. The molecule has 4 rings (SSSR count). The standard InChI is InChI=1S/C20H22Br2N4O2/c21-13-1-3-18-16(9-13)17-10-14(22)2-4-19(17)26(18)12-15(23)11-24-5-7-25(8-6-24)20(27)28/h1-4,9-10,15H,5-8,11-12,23H2,(H,27,28). The second kappa shape index (κ2) is 8.02. The summed E-state index contributed by atoms with van der Waals surface area (Å²) in [4.78, 5) is 14.8. The van der Waals surface area contributed by atoms with Crippen LogP contribution in [0.2, 0.25) is 0 Å². The van der Waals surface area contributed by atoms with E-state index in [-0.39, 0.29) is 6.04 Å². The molecule has 1 aliphatic rings. The predicted molar refractivity (Wildman–Crippen MR) is 119 cm³/mol. The van der Waals surface area contributed by atoms with Crippen LogP contribution in [0.25, 0.3) is 21.8 Å². The van der Waals surface area contributed by atoms with E-state index in [1.165, 1.54) is 26.7 Å². The van der Waals surface area contributed by atoms with Gasteiger partial charge in [0.25, 0.3) is 0 Å². The van der Waals surface area contributed by atoms with Gasteiger partial charge in [-0.15, -0.1) is 0 Å².